The molecule has 7 heteroatoms. The van der Waals surface area contributed by atoms with E-state index in [9.17, 15) is 9.59 Å². The molecule has 0 atom stereocenters. The van der Waals surface area contributed by atoms with Crippen molar-refractivity contribution < 1.29 is 19.1 Å². The summed E-state index contributed by atoms with van der Waals surface area (Å²) in [5.74, 6) is -1.48. The van der Waals surface area contributed by atoms with Gasteiger partial charge in [0.1, 0.15) is 5.49 Å². The largest absolute Gasteiger partial charge is 0.462 e. The van der Waals surface area contributed by atoms with Crippen molar-refractivity contribution in [2.24, 2.45) is 4.99 Å². The Kier molecular flexibility index (Phi) is 6.96. The molecule has 0 radical (unpaired) electrons. The smallest absolute Gasteiger partial charge is 0.347 e. The molecule has 0 unspecified atom stereocenters. The van der Waals surface area contributed by atoms with Crippen LogP contribution in [0.2, 0.25) is 0 Å². The van der Waals surface area contributed by atoms with E-state index in [4.69, 9.17) is 9.47 Å². The normalized spacial score (nSPS) is 11.1. The third kappa shape index (κ3) is 4.50. The summed E-state index contributed by atoms with van der Waals surface area (Å²) in [4.78, 5) is 28.6. The van der Waals surface area contributed by atoms with Gasteiger partial charge in [-0.15, -0.1) is 0 Å². The molecule has 26 heavy (non-hydrogen) atoms. The highest BCUT2D eigenvalue weighted by Gasteiger charge is 2.21. The van der Waals surface area contributed by atoms with E-state index in [-0.39, 0.29) is 18.8 Å². The molecule has 0 aromatic heterocycles. The van der Waals surface area contributed by atoms with Gasteiger partial charge in [0.15, 0.2) is 5.57 Å². The van der Waals surface area contributed by atoms with Gasteiger partial charge in [-0.05, 0) is 32.9 Å². The zero-order valence-corrected chi connectivity index (χ0v) is 15.2. The van der Waals surface area contributed by atoms with Crippen molar-refractivity contribution in [3.05, 3.63) is 53.7 Å². The maximum atomic E-state index is 12.1. The Morgan fingerprint density at radius 1 is 1.08 bits per heavy atom. The number of ether oxygens (including phenoxy) is 2. The van der Waals surface area contributed by atoms with Crippen LogP contribution in [0.15, 0.2) is 53.2 Å². The molecule has 1 aliphatic carbocycles. The van der Waals surface area contributed by atoms with Crippen molar-refractivity contribution in [1.29, 1.82) is 0 Å². The number of nitrogens with zero attached hydrogens (tertiary/aromatic N) is 2. The van der Waals surface area contributed by atoms with Gasteiger partial charge in [0.2, 0.25) is 0 Å². The minimum atomic E-state index is -0.741. The van der Waals surface area contributed by atoms with Gasteiger partial charge in [0.25, 0.3) is 0 Å². The molecule has 0 saturated carbocycles. The van der Waals surface area contributed by atoms with Crippen LogP contribution in [-0.2, 0) is 19.1 Å². The second kappa shape index (κ2) is 9.41. The zero-order chi connectivity index (χ0) is 18.9. The van der Waals surface area contributed by atoms with Crippen LogP contribution in [0.4, 0.5) is 0 Å². The lowest BCUT2D eigenvalue weighted by Gasteiger charge is -2.10. The molecule has 1 N–H and O–H groups in total. The van der Waals surface area contributed by atoms with Crippen LogP contribution in [0.25, 0.3) is 11.3 Å². The van der Waals surface area contributed by atoms with Crippen LogP contribution in [0, 0.1) is 0 Å². The second-order valence-corrected chi connectivity index (χ2v) is 5.19. The van der Waals surface area contributed by atoms with Crippen LogP contribution < -0.4 is 10.9 Å². The van der Waals surface area contributed by atoms with Crippen molar-refractivity contribution in [3.8, 4) is 11.3 Å². The Labute approximate surface area is 152 Å². The Morgan fingerprint density at radius 3 is 2.35 bits per heavy atom. The van der Waals surface area contributed by atoms with Gasteiger partial charge in [-0.25, -0.2) is 14.3 Å². The first-order valence-electron chi connectivity index (χ1n) is 8.54. The van der Waals surface area contributed by atoms with Gasteiger partial charge in [0.05, 0.1) is 18.9 Å². The summed E-state index contributed by atoms with van der Waals surface area (Å²) in [5.41, 5.74) is 5.26. The molecule has 1 heterocycles. The second-order valence-electron chi connectivity index (χ2n) is 5.19. The van der Waals surface area contributed by atoms with Crippen molar-refractivity contribution in [1.82, 2.24) is 4.68 Å². The molecule has 7 nitrogen and oxygen atoms in total. The fourth-order valence-corrected chi connectivity index (χ4v) is 2.37. The fourth-order valence-electron chi connectivity index (χ4n) is 2.37. The minimum absolute atomic E-state index is 0.161. The zero-order valence-electron chi connectivity index (χ0n) is 15.2. The molecule has 0 aromatic carbocycles. The van der Waals surface area contributed by atoms with Gasteiger partial charge in [-0.3, -0.25) is 10.4 Å². The summed E-state index contributed by atoms with van der Waals surface area (Å²) in [5, 5.41) is 0. The summed E-state index contributed by atoms with van der Waals surface area (Å²) < 4.78 is 11.6. The van der Waals surface area contributed by atoms with E-state index in [1.54, 1.807) is 18.5 Å². The molecule has 0 aromatic rings. The first kappa shape index (κ1) is 19.2. The summed E-state index contributed by atoms with van der Waals surface area (Å²) in [7, 11) is 0. The number of aromatic nitrogens is 1. The molecule has 0 amide bonds. The number of nitrogens with one attached hydrogen (secondary N) is 1. The van der Waals surface area contributed by atoms with E-state index in [2.05, 4.69) is 10.4 Å². The first-order chi connectivity index (χ1) is 12.6. The van der Waals surface area contributed by atoms with Gasteiger partial charge in [0, 0.05) is 18.3 Å². The number of rotatable bonds is 7. The average Bonchev–Trinajstić information content (AvgIpc) is 2.78. The van der Waals surface area contributed by atoms with E-state index in [0.29, 0.717) is 12.0 Å². The van der Waals surface area contributed by atoms with E-state index in [1.165, 1.54) is 6.20 Å². The lowest BCUT2D eigenvalue weighted by molar-refractivity contribution is -0.146. The molecular formula is C19H23N3O4. The Hall–Kier alpha value is -3.09. The summed E-state index contributed by atoms with van der Waals surface area (Å²) in [6.45, 7) is 6.19. The van der Waals surface area contributed by atoms with Crippen LogP contribution in [0.1, 0.15) is 20.8 Å². The van der Waals surface area contributed by atoms with Gasteiger partial charge in [-0.2, -0.15) is 0 Å². The maximum absolute atomic E-state index is 12.1. The summed E-state index contributed by atoms with van der Waals surface area (Å²) in [6, 6.07) is 11.6. The Bertz CT molecular complexity index is 819. The maximum Gasteiger partial charge on any atom is 0.347 e. The molecule has 0 spiro atoms. The molecule has 0 saturated heterocycles. The summed E-state index contributed by atoms with van der Waals surface area (Å²) >= 11 is 0. The predicted octanol–water partition coefficient (Wildman–Crippen LogP) is 2.07. The van der Waals surface area contributed by atoms with Crippen LogP contribution in [-0.4, -0.2) is 36.4 Å². The molecule has 2 aliphatic rings. The average molecular weight is 357 g/mol. The molecule has 138 valence electrons. The van der Waals surface area contributed by atoms with Crippen LogP contribution >= 0.6 is 0 Å². The van der Waals surface area contributed by atoms with Crippen molar-refractivity contribution in [2.75, 3.05) is 25.2 Å². The van der Waals surface area contributed by atoms with E-state index in [1.807, 2.05) is 43.3 Å². The fraction of sp³-hybridized carbons (Fsp3) is 0.316. The lowest BCUT2D eigenvalue weighted by atomic mass is 10.2. The molecule has 0 bridgehead atoms. The topological polar surface area (TPSA) is 81.9 Å². The van der Waals surface area contributed by atoms with Crippen molar-refractivity contribution in [3.63, 3.8) is 0 Å². The van der Waals surface area contributed by atoms with Gasteiger partial charge < -0.3 is 9.47 Å². The number of esters is 2. The van der Waals surface area contributed by atoms with E-state index >= 15 is 0 Å². The quantitative estimate of drug-likeness (QED) is 0.355. The third-order valence-electron chi connectivity index (χ3n) is 3.45. The van der Waals surface area contributed by atoms with Crippen LogP contribution in [0.5, 0.6) is 0 Å². The highest BCUT2D eigenvalue weighted by Crippen LogP contribution is 2.17. The van der Waals surface area contributed by atoms with E-state index in [0.717, 1.165) is 11.3 Å². The minimum Gasteiger partial charge on any atom is -0.462 e. The Balaban J connectivity index is 2.46. The monoisotopic (exact) mass is 357 g/mol. The SMILES string of the molecule is CCN=c1cc2cccccc-2n1NC=C(C(=O)OCC)C(=O)OCC. The standard InChI is InChI=1S/C19H23N3O4/c1-4-20-17-12-14-10-8-7-9-11-16(14)22(17)21-13-15(18(23)25-5-2)19(24)26-6-3/h7-13,21H,4-6H2,1-3H3. The first-order valence-corrected chi connectivity index (χ1v) is 8.54. The highest BCUT2D eigenvalue weighted by molar-refractivity contribution is 6.14. The summed E-state index contributed by atoms with van der Waals surface area (Å²) in [6.07, 6.45) is 1.29. The highest BCUT2D eigenvalue weighted by atomic mass is 16.6. The van der Waals surface area contributed by atoms with Crippen molar-refractivity contribution in [2.45, 2.75) is 20.8 Å². The van der Waals surface area contributed by atoms with E-state index < -0.39 is 11.9 Å². The number of hydrogen-bond acceptors (Lipinski definition) is 6. The Morgan fingerprint density at radius 2 is 1.73 bits per heavy atom. The number of carbonyl (C=O) groups is 2. The molecule has 0 fully saturated rings. The molecular weight excluding hydrogens is 334 g/mol. The van der Waals surface area contributed by atoms with Crippen molar-refractivity contribution >= 4 is 11.9 Å². The molecule has 2 rings (SSSR count). The van der Waals surface area contributed by atoms with Gasteiger partial charge in [-0.1, -0.05) is 24.3 Å². The lowest BCUT2D eigenvalue weighted by Crippen LogP contribution is -2.26. The van der Waals surface area contributed by atoms with Crippen LogP contribution in [0.3, 0.4) is 0 Å². The molecule has 1 aliphatic heterocycles. The number of carbonyl (C=O) groups excluding carboxylic acids is 2. The van der Waals surface area contributed by atoms with Gasteiger partial charge >= 0.3 is 11.9 Å². The third-order valence-corrected chi connectivity index (χ3v) is 3.45. The predicted molar refractivity (Wildman–Crippen MR) is 97.9 cm³/mol. The number of fused-ring (bicyclic) bond motifs is 1. The number of hydrogen-bond donors (Lipinski definition) is 1.